The molecule has 19 heavy (non-hydrogen) atoms. The molecule has 0 saturated carbocycles. The van der Waals surface area contributed by atoms with Gasteiger partial charge in [-0.05, 0) is 18.6 Å². The number of ether oxygens (including phenoxy) is 3. The van der Waals surface area contributed by atoms with Gasteiger partial charge in [0, 0.05) is 18.2 Å². The predicted octanol–water partition coefficient (Wildman–Crippen LogP) is 1.16. The number of rotatable bonds is 3. The Morgan fingerprint density at radius 2 is 2.32 bits per heavy atom. The van der Waals surface area contributed by atoms with Gasteiger partial charge in [-0.2, -0.15) is 0 Å². The van der Waals surface area contributed by atoms with Crippen LogP contribution in [0.1, 0.15) is 18.0 Å². The lowest BCUT2D eigenvalue weighted by atomic mass is 9.99. The van der Waals surface area contributed by atoms with Crippen molar-refractivity contribution in [3.63, 3.8) is 0 Å². The van der Waals surface area contributed by atoms with E-state index >= 15 is 0 Å². The van der Waals surface area contributed by atoms with E-state index in [0.717, 1.165) is 5.56 Å². The summed E-state index contributed by atoms with van der Waals surface area (Å²) in [6.45, 7) is 0.655. The van der Waals surface area contributed by atoms with Crippen LogP contribution < -0.4 is 19.5 Å². The lowest BCUT2D eigenvalue weighted by molar-refractivity contribution is -0.141. The van der Waals surface area contributed by atoms with Crippen LogP contribution in [0.2, 0.25) is 0 Å². The molecule has 102 valence electrons. The molecule has 1 saturated heterocycles. The molecule has 1 aromatic carbocycles. The Labute approximate surface area is 110 Å². The van der Waals surface area contributed by atoms with Gasteiger partial charge in [0.1, 0.15) is 0 Å². The molecule has 2 atom stereocenters. The molecule has 2 N–H and O–H groups in total. The highest BCUT2D eigenvalue weighted by molar-refractivity contribution is 5.71. The monoisotopic (exact) mass is 265 g/mol. The van der Waals surface area contributed by atoms with Crippen LogP contribution in [0.4, 0.5) is 0 Å². The first-order valence-electron chi connectivity index (χ1n) is 6.13. The molecule has 0 bridgehead atoms. The van der Waals surface area contributed by atoms with Gasteiger partial charge in [-0.3, -0.25) is 4.79 Å². The molecule has 1 aromatic rings. The molecule has 2 heterocycles. The van der Waals surface area contributed by atoms with E-state index in [4.69, 9.17) is 19.3 Å². The SMILES string of the molecule is COc1c(C2CC(C(=O)O)CN2)ccc2c1OCO2. The third kappa shape index (κ3) is 1.98. The molecule has 6 heteroatoms. The zero-order valence-electron chi connectivity index (χ0n) is 10.5. The van der Waals surface area contributed by atoms with Crippen molar-refractivity contribution in [2.45, 2.75) is 12.5 Å². The highest BCUT2D eigenvalue weighted by atomic mass is 16.7. The fourth-order valence-corrected chi connectivity index (χ4v) is 2.61. The van der Waals surface area contributed by atoms with E-state index in [1.165, 1.54) is 0 Å². The molecular formula is C13H15NO5. The van der Waals surface area contributed by atoms with Crippen molar-refractivity contribution < 1.29 is 24.1 Å². The summed E-state index contributed by atoms with van der Waals surface area (Å²) < 4.78 is 16.1. The summed E-state index contributed by atoms with van der Waals surface area (Å²) in [6.07, 6.45) is 0.547. The normalized spacial score (nSPS) is 24.5. The van der Waals surface area contributed by atoms with Crippen molar-refractivity contribution in [2.24, 2.45) is 5.92 Å². The van der Waals surface area contributed by atoms with Gasteiger partial charge in [-0.15, -0.1) is 0 Å². The van der Waals surface area contributed by atoms with Crippen molar-refractivity contribution in [1.29, 1.82) is 0 Å². The van der Waals surface area contributed by atoms with Crippen LogP contribution >= 0.6 is 0 Å². The maximum atomic E-state index is 11.0. The number of hydrogen-bond donors (Lipinski definition) is 2. The van der Waals surface area contributed by atoms with Crippen molar-refractivity contribution >= 4 is 5.97 Å². The number of nitrogens with one attached hydrogen (secondary N) is 1. The molecule has 0 aromatic heterocycles. The summed E-state index contributed by atoms with van der Waals surface area (Å²) >= 11 is 0. The summed E-state index contributed by atoms with van der Waals surface area (Å²) in [6, 6.07) is 3.69. The largest absolute Gasteiger partial charge is 0.492 e. The fraction of sp³-hybridized carbons (Fsp3) is 0.462. The van der Waals surface area contributed by atoms with E-state index in [0.29, 0.717) is 30.2 Å². The van der Waals surface area contributed by atoms with Crippen molar-refractivity contribution in [2.75, 3.05) is 20.4 Å². The molecule has 0 amide bonds. The van der Waals surface area contributed by atoms with Crippen LogP contribution in [-0.2, 0) is 4.79 Å². The summed E-state index contributed by atoms with van der Waals surface area (Å²) in [5.41, 5.74) is 0.913. The molecule has 2 aliphatic rings. The molecule has 1 fully saturated rings. The Kier molecular flexibility index (Phi) is 2.94. The van der Waals surface area contributed by atoms with Gasteiger partial charge in [-0.1, -0.05) is 0 Å². The molecule has 0 radical (unpaired) electrons. The van der Waals surface area contributed by atoms with Crippen molar-refractivity contribution in [1.82, 2.24) is 5.32 Å². The number of benzene rings is 1. The van der Waals surface area contributed by atoms with Gasteiger partial charge in [0.25, 0.3) is 0 Å². The molecule has 6 nitrogen and oxygen atoms in total. The number of hydrogen-bond acceptors (Lipinski definition) is 5. The lowest BCUT2D eigenvalue weighted by Gasteiger charge is -2.16. The minimum Gasteiger partial charge on any atom is -0.492 e. The third-order valence-corrected chi connectivity index (χ3v) is 3.58. The third-order valence-electron chi connectivity index (χ3n) is 3.58. The summed E-state index contributed by atoms with van der Waals surface area (Å²) in [4.78, 5) is 11.0. The predicted molar refractivity (Wildman–Crippen MR) is 65.6 cm³/mol. The Balaban J connectivity index is 1.91. The summed E-state index contributed by atoms with van der Waals surface area (Å²) in [5, 5.41) is 12.3. The smallest absolute Gasteiger partial charge is 0.307 e. The molecule has 3 rings (SSSR count). The van der Waals surface area contributed by atoms with E-state index in [1.807, 2.05) is 12.1 Å². The first-order chi connectivity index (χ1) is 9.20. The van der Waals surface area contributed by atoms with Gasteiger partial charge in [-0.25, -0.2) is 0 Å². The molecule has 0 spiro atoms. The highest BCUT2D eigenvalue weighted by Gasteiger charge is 2.33. The Morgan fingerprint density at radius 3 is 3.00 bits per heavy atom. The van der Waals surface area contributed by atoms with Crippen LogP contribution in [0, 0.1) is 5.92 Å². The number of methoxy groups -OCH3 is 1. The van der Waals surface area contributed by atoms with Crippen LogP contribution in [-0.4, -0.2) is 31.5 Å². The van der Waals surface area contributed by atoms with E-state index in [2.05, 4.69) is 5.32 Å². The van der Waals surface area contributed by atoms with E-state index in [9.17, 15) is 4.79 Å². The van der Waals surface area contributed by atoms with Crippen LogP contribution in [0.5, 0.6) is 17.2 Å². The standard InChI is InChI=1S/C13H15NO5/c1-17-11-8(2-3-10-12(11)19-6-18-10)9-4-7(5-14-9)13(15)16/h2-3,7,9,14H,4-6H2,1H3,(H,15,16). The zero-order valence-corrected chi connectivity index (χ0v) is 10.5. The second kappa shape index (κ2) is 4.62. The van der Waals surface area contributed by atoms with Gasteiger partial charge in [0.2, 0.25) is 12.5 Å². The second-order valence-electron chi connectivity index (χ2n) is 4.65. The van der Waals surface area contributed by atoms with Gasteiger partial charge in [0.15, 0.2) is 11.5 Å². The number of aliphatic carboxylic acids is 1. The molecule has 2 unspecified atom stereocenters. The van der Waals surface area contributed by atoms with E-state index in [-0.39, 0.29) is 18.8 Å². The summed E-state index contributed by atoms with van der Waals surface area (Å²) in [7, 11) is 1.57. The number of fused-ring (bicyclic) bond motifs is 1. The summed E-state index contributed by atoms with van der Waals surface area (Å²) in [5.74, 6) is 0.752. The van der Waals surface area contributed by atoms with E-state index in [1.54, 1.807) is 7.11 Å². The first kappa shape index (κ1) is 12.1. The fourth-order valence-electron chi connectivity index (χ4n) is 2.61. The quantitative estimate of drug-likeness (QED) is 0.854. The van der Waals surface area contributed by atoms with Gasteiger partial charge >= 0.3 is 5.97 Å². The highest BCUT2D eigenvalue weighted by Crippen LogP contribution is 2.46. The topological polar surface area (TPSA) is 77.0 Å². The van der Waals surface area contributed by atoms with Crippen LogP contribution in [0.3, 0.4) is 0 Å². The Bertz CT molecular complexity index is 516. The average molecular weight is 265 g/mol. The number of carboxylic acids is 1. The maximum absolute atomic E-state index is 11.0. The van der Waals surface area contributed by atoms with Gasteiger partial charge < -0.3 is 24.6 Å². The Hall–Kier alpha value is -1.95. The molecule has 2 aliphatic heterocycles. The van der Waals surface area contributed by atoms with Crippen LogP contribution in [0.25, 0.3) is 0 Å². The van der Waals surface area contributed by atoms with Crippen molar-refractivity contribution in [3.05, 3.63) is 17.7 Å². The first-order valence-corrected chi connectivity index (χ1v) is 6.13. The average Bonchev–Trinajstić information content (AvgIpc) is 3.05. The maximum Gasteiger partial charge on any atom is 0.307 e. The lowest BCUT2D eigenvalue weighted by Crippen LogP contribution is -2.17. The van der Waals surface area contributed by atoms with Gasteiger partial charge in [0.05, 0.1) is 13.0 Å². The molecule has 0 aliphatic carbocycles. The second-order valence-corrected chi connectivity index (χ2v) is 4.65. The minimum atomic E-state index is -0.769. The van der Waals surface area contributed by atoms with Crippen molar-refractivity contribution in [3.8, 4) is 17.2 Å². The number of carboxylic acid groups (broad SMARTS) is 1. The van der Waals surface area contributed by atoms with Crippen LogP contribution in [0.15, 0.2) is 12.1 Å². The van der Waals surface area contributed by atoms with E-state index < -0.39 is 5.97 Å². The Morgan fingerprint density at radius 1 is 1.47 bits per heavy atom. The zero-order chi connectivity index (χ0) is 13.4. The minimum absolute atomic E-state index is 0.0365. The number of carbonyl (C=O) groups is 1. The molecular weight excluding hydrogens is 250 g/mol.